The van der Waals surface area contributed by atoms with Crippen molar-refractivity contribution in [2.45, 2.75) is 90.3 Å². The SMILES string of the molecule is CCN1CCCC1CN.CCN1CCCC1CNc1nc(Cl)nc(Nc2ccc(OC)c(F)c2)n1.CCN1CCCC1CNc1nc(Nc2ccc(OC)c(F)c2)nc(N2CCN(CC(=O)N3CCCC3)CC2)n1.COc1ccc(Nc2nc(Cl)nc(Cl)n2)cc1F. The Morgan fingerprint density at radius 2 is 0.880 bits per heavy atom. The summed E-state index contributed by atoms with van der Waals surface area (Å²) in [5.41, 5.74) is 7.01. The van der Waals surface area contributed by atoms with E-state index in [1.54, 1.807) is 24.3 Å². The second kappa shape index (κ2) is 35.7. The fourth-order valence-electron chi connectivity index (χ4n) is 11.6. The van der Waals surface area contributed by atoms with Gasteiger partial charge in [0.2, 0.25) is 57.4 Å². The Balaban J connectivity index is 0.000000176. The maximum atomic E-state index is 14.3. The van der Waals surface area contributed by atoms with Crippen LogP contribution in [0.5, 0.6) is 17.2 Å². The number of hydrogen-bond acceptors (Lipinski definition) is 24. The van der Waals surface area contributed by atoms with Crippen LogP contribution in [0.3, 0.4) is 0 Å². The second-order valence-electron chi connectivity index (χ2n) is 22.3. The number of piperazine rings is 1. The minimum Gasteiger partial charge on any atom is -0.494 e. The molecule has 5 aliphatic heterocycles. The largest absolute Gasteiger partial charge is 0.494 e. The number of hydrogen-bond donors (Lipinski definition) is 6. The van der Waals surface area contributed by atoms with Crippen molar-refractivity contribution >= 4 is 93.5 Å². The molecule has 5 saturated heterocycles. The van der Waals surface area contributed by atoms with Gasteiger partial charge in [-0.15, -0.1) is 0 Å². The monoisotopic (exact) mass is 1340 g/mol. The molecule has 31 heteroatoms. The number of benzene rings is 3. The van der Waals surface area contributed by atoms with Gasteiger partial charge in [0.05, 0.1) is 27.9 Å². The highest BCUT2D eigenvalue weighted by Crippen LogP contribution is 2.28. The van der Waals surface area contributed by atoms with E-state index in [0.717, 1.165) is 97.7 Å². The molecule has 5 fully saturated rings. The van der Waals surface area contributed by atoms with E-state index in [1.807, 2.05) is 4.90 Å². The number of amides is 1. The molecule has 3 aromatic heterocycles. The fraction of sp³-hybridized carbons (Fsp3) is 0.541. The number of aromatic nitrogens is 9. The number of likely N-dealkylation sites (N-methyl/N-ethyl adjacent to an activating group) is 3. The fourth-order valence-corrected chi connectivity index (χ4v) is 12.1. The highest BCUT2D eigenvalue weighted by molar-refractivity contribution is 6.31. The molecule has 0 spiro atoms. The predicted octanol–water partition coefficient (Wildman–Crippen LogP) is 9.22. The number of nitrogens with one attached hydrogen (secondary N) is 5. The summed E-state index contributed by atoms with van der Waals surface area (Å²) in [7, 11) is 4.24. The summed E-state index contributed by atoms with van der Waals surface area (Å²) in [6.45, 7) is 20.8. The summed E-state index contributed by atoms with van der Waals surface area (Å²) < 4.78 is 56.3. The van der Waals surface area contributed by atoms with Crippen LogP contribution in [-0.4, -0.2) is 219 Å². The van der Waals surface area contributed by atoms with E-state index in [0.29, 0.717) is 78.6 Å². The molecule has 3 aromatic carbocycles. The average molecular weight is 1340 g/mol. The zero-order valence-electron chi connectivity index (χ0n) is 53.1. The number of ether oxygens (including phenoxy) is 3. The Morgan fingerprint density at radius 1 is 0.500 bits per heavy atom. The van der Waals surface area contributed by atoms with Gasteiger partial charge in [0, 0.05) is 112 Å². The van der Waals surface area contributed by atoms with Gasteiger partial charge in [-0.1, -0.05) is 20.8 Å². The van der Waals surface area contributed by atoms with E-state index in [9.17, 15) is 18.0 Å². The minimum atomic E-state index is -0.506. The summed E-state index contributed by atoms with van der Waals surface area (Å²) >= 11 is 17.2. The zero-order valence-corrected chi connectivity index (χ0v) is 55.4. The van der Waals surface area contributed by atoms with Crippen LogP contribution < -0.4 is 51.4 Å². The van der Waals surface area contributed by atoms with Gasteiger partial charge >= 0.3 is 0 Å². The first kappa shape index (κ1) is 70.7. The molecule has 5 aliphatic rings. The van der Waals surface area contributed by atoms with Crippen molar-refractivity contribution < 1.29 is 32.2 Å². The van der Waals surface area contributed by atoms with Crippen LogP contribution in [0, 0.1) is 17.5 Å². The van der Waals surface area contributed by atoms with Crippen molar-refractivity contribution in [2.24, 2.45) is 5.73 Å². The predicted molar refractivity (Wildman–Crippen MR) is 355 cm³/mol. The number of halogens is 6. The molecule has 0 radical (unpaired) electrons. The first-order valence-electron chi connectivity index (χ1n) is 31.3. The van der Waals surface area contributed by atoms with Gasteiger partial charge in [-0.2, -0.15) is 44.9 Å². The molecule has 0 aliphatic carbocycles. The standard InChI is InChI=1S/C27H40FN9O2.C17H22ClFN6O.C10H7Cl2FN4O.C7H16N2/c1-3-35-12-6-7-21(35)18-29-25-31-26(30-20-8-9-23(39-2)22(28)17-20)33-27(32-25)37-15-13-34(14-16-37)19-24(38)36-10-4-5-11-36;1-3-25-8-4-5-12(25)10-20-16-22-15(18)23-17(24-16)21-11-6-7-14(26-2)13(19)9-11;1-18-7-3-2-5(4-6(7)13)14-10-16-8(11)15-9(12)17-10;1-2-9-5-3-4-7(9)6-8/h8-9,17,21H,3-7,10-16,18-19H2,1-2H3,(H2,29,30,31,32,33);6-7,9,12H,3-5,8,10H2,1-2H3,(H2,20,21,22,23,24);2-4H,1H3,(H,14,15,16,17);7H,2-6,8H2,1H3. The molecule has 0 bridgehead atoms. The maximum absolute atomic E-state index is 14.3. The number of likely N-dealkylation sites (tertiary alicyclic amines) is 4. The number of nitrogens with two attached hydrogens (primary N) is 1. The first-order valence-corrected chi connectivity index (χ1v) is 32.4. The Bertz CT molecular complexity index is 3280. The van der Waals surface area contributed by atoms with E-state index in [2.05, 4.69) is 112 Å². The molecular formula is C61H85Cl3F3N21O4. The molecule has 7 N–H and O–H groups in total. The first-order chi connectivity index (χ1) is 44.6. The third-order valence-electron chi connectivity index (χ3n) is 16.5. The third kappa shape index (κ3) is 20.9. The van der Waals surface area contributed by atoms with Crippen molar-refractivity contribution in [3.05, 3.63) is 87.9 Å². The Hall–Kier alpha value is -7.18. The molecule has 500 valence electrons. The van der Waals surface area contributed by atoms with Crippen molar-refractivity contribution in [1.82, 2.24) is 69.4 Å². The van der Waals surface area contributed by atoms with Gasteiger partial charge < -0.3 is 56.3 Å². The van der Waals surface area contributed by atoms with E-state index in [4.69, 9.17) is 59.7 Å². The summed E-state index contributed by atoms with van der Waals surface area (Å²) in [4.78, 5) is 63.9. The van der Waals surface area contributed by atoms with Gasteiger partial charge in [0.1, 0.15) is 0 Å². The number of nitrogens with zero attached hydrogens (tertiary/aromatic N) is 15. The van der Waals surface area contributed by atoms with Gasteiger partial charge in [-0.3, -0.25) is 24.4 Å². The lowest BCUT2D eigenvalue weighted by atomic mass is 10.2. The number of methoxy groups -OCH3 is 3. The summed E-state index contributed by atoms with van der Waals surface area (Å²) in [6, 6.07) is 15.1. The van der Waals surface area contributed by atoms with Crippen LogP contribution >= 0.6 is 34.8 Å². The van der Waals surface area contributed by atoms with Gasteiger partial charge in [-0.05, 0) is 162 Å². The highest BCUT2D eigenvalue weighted by Gasteiger charge is 2.28. The van der Waals surface area contributed by atoms with Crippen molar-refractivity contribution in [2.75, 3.05) is 158 Å². The van der Waals surface area contributed by atoms with E-state index in [-0.39, 0.29) is 50.9 Å². The van der Waals surface area contributed by atoms with Crippen LogP contribution in [0.25, 0.3) is 0 Å². The number of carbonyl (C=O) groups is 1. The smallest absolute Gasteiger partial charge is 0.236 e. The maximum Gasteiger partial charge on any atom is 0.236 e. The van der Waals surface area contributed by atoms with Crippen LogP contribution in [0.4, 0.5) is 65.9 Å². The van der Waals surface area contributed by atoms with Crippen molar-refractivity contribution in [3.63, 3.8) is 0 Å². The third-order valence-corrected chi connectivity index (χ3v) is 17.0. The Kier molecular flexibility index (Phi) is 27.5. The highest BCUT2D eigenvalue weighted by atomic mass is 35.5. The minimum absolute atomic E-state index is 0.0496. The van der Waals surface area contributed by atoms with Crippen LogP contribution in [-0.2, 0) is 4.79 Å². The molecule has 92 heavy (non-hydrogen) atoms. The van der Waals surface area contributed by atoms with E-state index < -0.39 is 17.5 Å². The molecule has 11 rings (SSSR count). The second-order valence-corrected chi connectivity index (χ2v) is 23.3. The van der Waals surface area contributed by atoms with Gasteiger partial charge in [-0.25, -0.2) is 13.2 Å². The molecule has 3 unspecified atom stereocenters. The summed E-state index contributed by atoms with van der Waals surface area (Å²) in [6.07, 6.45) is 9.55. The lowest BCUT2D eigenvalue weighted by molar-refractivity contribution is -0.131. The topological polar surface area (TPSA) is 266 Å². The van der Waals surface area contributed by atoms with Crippen molar-refractivity contribution in [3.8, 4) is 17.2 Å². The normalized spacial score (nSPS) is 18.4. The number of anilines is 9. The van der Waals surface area contributed by atoms with Gasteiger partial charge in [0.25, 0.3) is 0 Å². The zero-order chi connectivity index (χ0) is 65.5. The van der Waals surface area contributed by atoms with E-state index in [1.165, 1.54) is 90.4 Å². The molecule has 8 heterocycles. The molecular weight excluding hydrogens is 1250 g/mol. The summed E-state index contributed by atoms with van der Waals surface area (Å²) in [5.74, 6) is 1.44. The average Bonchev–Trinajstić information content (AvgIpc) is 2.09. The van der Waals surface area contributed by atoms with Crippen LogP contribution in [0.15, 0.2) is 54.6 Å². The summed E-state index contributed by atoms with van der Waals surface area (Å²) in [5, 5.41) is 15.4. The molecule has 1 amide bonds. The number of rotatable bonds is 22. The van der Waals surface area contributed by atoms with Crippen LogP contribution in [0.1, 0.15) is 72.1 Å². The Morgan fingerprint density at radius 3 is 1.29 bits per heavy atom. The van der Waals surface area contributed by atoms with Crippen LogP contribution in [0.2, 0.25) is 15.9 Å². The molecule has 6 aromatic rings. The van der Waals surface area contributed by atoms with Gasteiger partial charge in [0.15, 0.2) is 34.7 Å². The molecule has 3 atom stereocenters. The van der Waals surface area contributed by atoms with E-state index >= 15 is 0 Å². The molecule has 0 saturated carbocycles. The van der Waals surface area contributed by atoms with Crippen molar-refractivity contribution in [1.29, 1.82) is 0 Å². The quantitative estimate of drug-likeness (QED) is 0.0370. The lowest BCUT2D eigenvalue weighted by Gasteiger charge is -2.35. The lowest BCUT2D eigenvalue weighted by Crippen LogP contribution is -2.50. The Labute approximate surface area is 551 Å². The number of carbonyl (C=O) groups excluding carboxylic acids is 1. The molecule has 25 nitrogen and oxygen atoms in total.